The molecule has 1 aromatic carbocycles. The highest BCUT2D eigenvalue weighted by molar-refractivity contribution is 5.85. The maximum atomic E-state index is 11.5. The minimum Gasteiger partial charge on any atom is -0.459 e. The zero-order chi connectivity index (χ0) is 12.3. The molecule has 0 aliphatic heterocycles. The van der Waals surface area contributed by atoms with Crippen molar-refractivity contribution >= 4 is 5.97 Å². The minimum absolute atomic E-state index is 0.00297. The highest BCUT2D eigenvalue weighted by atomic mass is 16.5. The molecule has 0 saturated heterocycles. The summed E-state index contributed by atoms with van der Waals surface area (Å²) in [5.41, 5.74) is 1.60. The fourth-order valence-corrected chi connectivity index (χ4v) is 1.54. The number of esters is 1. The Morgan fingerprint density at radius 1 is 1.35 bits per heavy atom. The SMILES string of the molecule is CCOC(=O)c1nc(-c2ccccc2)c(C)o1. The molecule has 0 aliphatic carbocycles. The van der Waals surface area contributed by atoms with Gasteiger partial charge in [-0.1, -0.05) is 30.3 Å². The molecule has 4 nitrogen and oxygen atoms in total. The maximum absolute atomic E-state index is 11.5. The van der Waals surface area contributed by atoms with Crippen LogP contribution in [0.2, 0.25) is 0 Å². The Morgan fingerprint density at radius 3 is 2.71 bits per heavy atom. The molecular weight excluding hydrogens is 218 g/mol. The normalized spacial score (nSPS) is 10.2. The number of oxazole rings is 1. The third-order valence-electron chi connectivity index (χ3n) is 2.29. The monoisotopic (exact) mass is 231 g/mol. The molecule has 0 saturated carbocycles. The van der Waals surface area contributed by atoms with E-state index in [1.807, 2.05) is 30.3 Å². The van der Waals surface area contributed by atoms with Crippen LogP contribution in [-0.2, 0) is 4.74 Å². The number of aromatic nitrogens is 1. The number of rotatable bonds is 3. The summed E-state index contributed by atoms with van der Waals surface area (Å²) >= 11 is 0. The van der Waals surface area contributed by atoms with Gasteiger partial charge in [0.05, 0.1) is 6.61 Å². The lowest BCUT2D eigenvalue weighted by atomic mass is 10.1. The fraction of sp³-hybridized carbons (Fsp3) is 0.231. The molecule has 1 aromatic heterocycles. The van der Waals surface area contributed by atoms with Crippen molar-refractivity contribution in [2.45, 2.75) is 13.8 Å². The van der Waals surface area contributed by atoms with Crippen molar-refractivity contribution in [2.24, 2.45) is 0 Å². The summed E-state index contributed by atoms with van der Waals surface area (Å²) in [5.74, 6) is 0.0836. The molecule has 2 aromatic rings. The van der Waals surface area contributed by atoms with Crippen molar-refractivity contribution in [3.05, 3.63) is 42.0 Å². The summed E-state index contributed by atoms with van der Waals surface area (Å²) in [6.45, 7) is 3.82. The lowest BCUT2D eigenvalue weighted by Gasteiger charge is -1.95. The van der Waals surface area contributed by atoms with Crippen LogP contribution in [0.25, 0.3) is 11.3 Å². The summed E-state index contributed by atoms with van der Waals surface area (Å²) < 4.78 is 10.1. The lowest BCUT2D eigenvalue weighted by molar-refractivity contribution is 0.0479. The predicted octanol–water partition coefficient (Wildman–Crippen LogP) is 2.83. The number of aryl methyl sites for hydroxylation is 1. The van der Waals surface area contributed by atoms with E-state index in [1.165, 1.54) is 0 Å². The molecule has 0 fully saturated rings. The van der Waals surface area contributed by atoms with Gasteiger partial charge in [0, 0.05) is 5.56 Å². The van der Waals surface area contributed by atoms with Gasteiger partial charge in [-0.2, -0.15) is 0 Å². The van der Waals surface area contributed by atoms with Crippen LogP contribution in [0, 0.1) is 6.92 Å². The second-order valence-electron chi connectivity index (χ2n) is 3.51. The molecule has 0 radical (unpaired) electrons. The van der Waals surface area contributed by atoms with Crippen molar-refractivity contribution in [1.29, 1.82) is 0 Å². The zero-order valence-corrected chi connectivity index (χ0v) is 9.77. The summed E-state index contributed by atoms with van der Waals surface area (Å²) in [4.78, 5) is 15.6. The van der Waals surface area contributed by atoms with Crippen molar-refractivity contribution in [1.82, 2.24) is 4.98 Å². The molecule has 0 amide bonds. The first-order valence-electron chi connectivity index (χ1n) is 5.42. The van der Waals surface area contributed by atoms with E-state index in [-0.39, 0.29) is 5.89 Å². The van der Waals surface area contributed by atoms with Gasteiger partial charge in [-0.25, -0.2) is 9.78 Å². The topological polar surface area (TPSA) is 52.3 Å². The van der Waals surface area contributed by atoms with Crippen LogP contribution in [-0.4, -0.2) is 17.6 Å². The summed E-state index contributed by atoms with van der Waals surface area (Å²) in [6, 6.07) is 9.58. The van der Waals surface area contributed by atoms with Crippen LogP contribution in [0.15, 0.2) is 34.7 Å². The number of carbonyl (C=O) groups excluding carboxylic acids is 1. The number of carbonyl (C=O) groups is 1. The van der Waals surface area contributed by atoms with Crippen LogP contribution < -0.4 is 0 Å². The molecular formula is C13H13NO3. The highest BCUT2D eigenvalue weighted by Gasteiger charge is 2.18. The van der Waals surface area contributed by atoms with E-state index in [9.17, 15) is 4.79 Å². The molecule has 2 rings (SSSR count). The first-order chi connectivity index (χ1) is 8.22. The molecule has 0 unspecified atom stereocenters. The number of hydrogen-bond acceptors (Lipinski definition) is 4. The molecule has 88 valence electrons. The Labute approximate surface area is 99.2 Å². The third kappa shape index (κ3) is 2.36. The van der Waals surface area contributed by atoms with E-state index < -0.39 is 5.97 Å². The fourth-order valence-electron chi connectivity index (χ4n) is 1.54. The number of nitrogens with zero attached hydrogens (tertiary/aromatic N) is 1. The van der Waals surface area contributed by atoms with E-state index >= 15 is 0 Å². The molecule has 0 aliphatic rings. The number of ether oxygens (including phenoxy) is 1. The lowest BCUT2D eigenvalue weighted by Crippen LogP contribution is -2.04. The van der Waals surface area contributed by atoms with Gasteiger partial charge in [0.15, 0.2) is 0 Å². The molecule has 1 heterocycles. The second-order valence-corrected chi connectivity index (χ2v) is 3.51. The number of hydrogen-bond donors (Lipinski definition) is 0. The van der Waals surface area contributed by atoms with Crippen LogP contribution in [0.5, 0.6) is 0 Å². The first-order valence-corrected chi connectivity index (χ1v) is 5.42. The van der Waals surface area contributed by atoms with E-state index in [4.69, 9.17) is 9.15 Å². The van der Waals surface area contributed by atoms with Gasteiger partial charge in [0.1, 0.15) is 11.5 Å². The Bertz CT molecular complexity index is 517. The van der Waals surface area contributed by atoms with Gasteiger partial charge < -0.3 is 9.15 Å². The standard InChI is InChI=1S/C13H13NO3/c1-3-16-13(15)12-14-11(9(2)17-12)10-7-5-4-6-8-10/h4-8H,3H2,1-2H3. The van der Waals surface area contributed by atoms with Gasteiger partial charge >= 0.3 is 11.9 Å². The van der Waals surface area contributed by atoms with E-state index in [2.05, 4.69) is 4.98 Å². The minimum atomic E-state index is -0.530. The Morgan fingerprint density at radius 2 is 2.06 bits per heavy atom. The van der Waals surface area contributed by atoms with Crippen LogP contribution >= 0.6 is 0 Å². The zero-order valence-electron chi connectivity index (χ0n) is 9.77. The third-order valence-corrected chi connectivity index (χ3v) is 2.29. The predicted molar refractivity (Wildman–Crippen MR) is 62.6 cm³/mol. The average molecular weight is 231 g/mol. The second kappa shape index (κ2) is 4.82. The Hall–Kier alpha value is -2.10. The van der Waals surface area contributed by atoms with Gasteiger partial charge in [-0.15, -0.1) is 0 Å². The summed E-state index contributed by atoms with van der Waals surface area (Å²) in [7, 11) is 0. The van der Waals surface area contributed by atoms with Gasteiger partial charge in [0.2, 0.25) is 0 Å². The van der Waals surface area contributed by atoms with Crippen LogP contribution in [0.1, 0.15) is 23.4 Å². The quantitative estimate of drug-likeness (QED) is 0.762. The van der Waals surface area contributed by atoms with E-state index in [1.54, 1.807) is 13.8 Å². The smallest absolute Gasteiger partial charge is 0.394 e. The van der Waals surface area contributed by atoms with Gasteiger partial charge in [-0.05, 0) is 13.8 Å². The summed E-state index contributed by atoms with van der Waals surface area (Å²) in [5, 5.41) is 0. The maximum Gasteiger partial charge on any atom is 0.394 e. The molecule has 0 N–H and O–H groups in total. The number of benzene rings is 1. The van der Waals surface area contributed by atoms with Gasteiger partial charge in [0.25, 0.3) is 0 Å². The molecule has 0 spiro atoms. The largest absolute Gasteiger partial charge is 0.459 e. The van der Waals surface area contributed by atoms with E-state index in [0.29, 0.717) is 18.1 Å². The van der Waals surface area contributed by atoms with Crippen molar-refractivity contribution in [2.75, 3.05) is 6.61 Å². The highest BCUT2D eigenvalue weighted by Crippen LogP contribution is 2.23. The average Bonchev–Trinajstić information content (AvgIpc) is 2.73. The summed E-state index contributed by atoms with van der Waals surface area (Å²) in [6.07, 6.45) is 0. The molecule has 4 heteroatoms. The Kier molecular flexibility index (Phi) is 3.23. The first kappa shape index (κ1) is 11.4. The van der Waals surface area contributed by atoms with Crippen molar-refractivity contribution < 1.29 is 13.9 Å². The molecule has 0 atom stereocenters. The van der Waals surface area contributed by atoms with Crippen LogP contribution in [0.3, 0.4) is 0 Å². The molecule has 17 heavy (non-hydrogen) atoms. The van der Waals surface area contributed by atoms with Crippen LogP contribution in [0.4, 0.5) is 0 Å². The van der Waals surface area contributed by atoms with Crippen molar-refractivity contribution in [3.8, 4) is 11.3 Å². The Balaban J connectivity index is 2.35. The van der Waals surface area contributed by atoms with E-state index in [0.717, 1.165) is 5.56 Å². The van der Waals surface area contributed by atoms with Gasteiger partial charge in [-0.3, -0.25) is 0 Å². The molecule has 0 bridgehead atoms. The van der Waals surface area contributed by atoms with Crippen molar-refractivity contribution in [3.63, 3.8) is 0 Å².